The van der Waals surface area contributed by atoms with Gasteiger partial charge in [0.1, 0.15) is 23.0 Å². The van der Waals surface area contributed by atoms with Crippen molar-refractivity contribution in [3.63, 3.8) is 0 Å². The minimum Gasteiger partial charge on any atom is -0.456 e. The second-order valence-corrected chi connectivity index (χ2v) is 5.14. The van der Waals surface area contributed by atoms with Crippen LogP contribution in [0.3, 0.4) is 0 Å². The van der Waals surface area contributed by atoms with Crippen molar-refractivity contribution < 1.29 is 4.74 Å². The molecule has 120 valence electrons. The summed E-state index contributed by atoms with van der Waals surface area (Å²) in [6, 6.07) is 10.7. The maximum absolute atomic E-state index is 6.13. The van der Waals surface area contributed by atoms with E-state index in [1.54, 1.807) is 42.9 Å². The highest BCUT2D eigenvalue weighted by Gasteiger charge is 2.01. The van der Waals surface area contributed by atoms with Gasteiger partial charge in [0.2, 0.25) is 0 Å². The summed E-state index contributed by atoms with van der Waals surface area (Å²) in [5.41, 5.74) is 1.40. The number of benzene rings is 1. The molecule has 0 aliphatic rings. The van der Waals surface area contributed by atoms with E-state index in [0.717, 1.165) is 5.56 Å². The van der Waals surface area contributed by atoms with Crippen molar-refractivity contribution in [1.82, 2.24) is 15.0 Å². The van der Waals surface area contributed by atoms with Gasteiger partial charge in [-0.25, -0.2) is 9.97 Å². The Morgan fingerprint density at radius 1 is 1.04 bits per heavy atom. The van der Waals surface area contributed by atoms with Crippen LogP contribution in [0.2, 0.25) is 5.02 Å². The van der Waals surface area contributed by atoms with Crippen LogP contribution in [0.15, 0.2) is 55.0 Å². The highest BCUT2D eigenvalue weighted by Crippen LogP contribution is 2.25. The minimum absolute atomic E-state index is 0. The lowest BCUT2D eigenvalue weighted by molar-refractivity contribution is 0.480. The molecular weight excluding hydrogens is 345 g/mol. The predicted molar refractivity (Wildman–Crippen MR) is 95.8 cm³/mol. The number of nitrogens with zero attached hydrogens (tertiary/aromatic N) is 3. The second-order valence-electron chi connectivity index (χ2n) is 4.71. The summed E-state index contributed by atoms with van der Waals surface area (Å²) in [6.07, 6.45) is 5.00. The van der Waals surface area contributed by atoms with Crippen LogP contribution >= 0.6 is 24.0 Å². The highest BCUT2D eigenvalue weighted by molar-refractivity contribution is 6.30. The van der Waals surface area contributed by atoms with Gasteiger partial charge in [-0.15, -0.1) is 12.4 Å². The summed E-state index contributed by atoms with van der Waals surface area (Å²) in [7, 11) is 0. The Morgan fingerprint density at radius 2 is 1.92 bits per heavy atom. The molecule has 0 saturated heterocycles. The van der Waals surface area contributed by atoms with Gasteiger partial charge in [0.15, 0.2) is 0 Å². The molecule has 3 rings (SSSR count). The molecule has 24 heavy (non-hydrogen) atoms. The lowest BCUT2D eigenvalue weighted by Crippen LogP contribution is -1.89. The Morgan fingerprint density at radius 3 is 2.67 bits per heavy atom. The van der Waals surface area contributed by atoms with Crippen molar-refractivity contribution in [2.45, 2.75) is 6.92 Å². The van der Waals surface area contributed by atoms with Crippen molar-refractivity contribution >= 4 is 24.0 Å². The molecule has 4 nitrogen and oxygen atoms in total. The number of hydrogen-bond acceptors (Lipinski definition) is 4. The minimum atomic E-state index is 0. The molecule has 2 heterocycles. The number of pyridine rings is 1. The molecule has 6 heteroatoms. The van der Waals surface area contributed by atoms with Crippen molar-refractivity contribution in [2.24, 2.45) is 0 Å². The van der Waals surface area contributed by atoms with E-state index in [-0.39, 0.29) is 12.4 Å². The van der Waals surface area contributed by atoms with Crippen LogP contribution in [0.1, 0.15) is 17.1 Å². The van der Waals surface area contributed by atoms with Gasteiger partial charge in [-0.3, -0.25) is 4.98 Å². The average molecular weight is 358 g/mol. The first-order chi connectivity index (χ1) is 11.2. The van der Waals surface area contributed by atoms with Gasteiger partial charge in [0.25, 0.3) is 0 Å². The fourth-order valence-electron chi connectivity index (χ4n) is 1.90. The molecule has 0 fully saturated rings. The molecule has 0 unspecified atom stereocenters. The van der Waals surface area contributed by atoms with Crippen molar-refractivity contribution in [2.75, 3.05) is 0 Å². The summed E-state index contributed by atoms with van der Waals surface area (Å²) >= 11 is 6.13. The van der Waals surface area contributed by atoms with Gasteiger partial charge in [-0.2, -0.15) is 0 Å². The Balaban J connectivity index is 0.00000208. The monoisotopic (exact) mass is 357 g/mol. The maximum atomic E-state index is 6.13. The van der Waals surface area contributed by atoms with E-state index < -0.39 is 0 Å². The molecule has 1 aromatic carbocycles. The van der Waals surface area contributed by atoms with E-state index in [4.69, 9.17) is 16.3 Å². The van der Waals surface area contributed by atoms with Gasteiger partial charge in [-0.1, -0.05) is 17.5 Å². The zero-order valence-corrected chi connectivity index (χ0v) is 14.3. The van der Waals surface area contributed by atoms with Crippen molar-refractivity contribution in [1.29, 1.82) is 0 Å². The lowest BCUT2D eigenvalue weighted by atomic mass is 10.2. The van der Waals surface area contributed by atoms with E-state index in [1.165, 1.54) is 0 Å². The van der Waals surface area contributed by atoms with Gasteiger partial charge in [0, 0.05) is 23.0 Å². The summed E-state index contributed by atoms with van der Waals surface area (Å²) in [5.74, 6) is 7.96. The van der Waals surface area contributed by atoms with Crippen LogP contribution in [0, 0.1) is 18.8 Å². The van der Waals surface area contributed by atoms with Crippen LogP contribution in [-0.4, -0.2) is 15.0 Å². The predicted octanol–water partition coefficient (Wildman–Crippen LogP) is 4.45. The topological polar surface area (TPSA) is 47.9 Å². The molecule has 2 aromatic heterocycles. The zero-order valence-electron chi connectivity index (χ0n) is 12.7. The van der Waals surface area contributed by atoms with Crippen LogP contribution in [0.25, 0.3) is 0 Å². The molecule has 0 saturated carbocycles. The van der Waals surface area contributed by atoms with E-state index in [9.17, 15) is 0 Å². The molecule has 0 aliphatic carbocycles. The number of halogens is 2. The number of ether oxygens (including phenoxy) is 1. The molecule has 0 aliphatic heterocycles. The third kappa shape index (κ3) is 4.95. The van der Waals surface area contributed by atoms with Crippen LogP contribution < -0.4 is 4.74 Å². The first-order valence-corrected chi connectivity index (χ1v) is 7.27. The largest absolute Gasteiger partial charge is 0.456 e. The quantitative estimate of drug-likeness (QED) is 0.635. The maximum Gasteiger partial charge on any atom is 0.145 e. The van der Waals surface area contributed by atoms with Crippen LogP contribution in [0.4, 0.5) is 0 Å². The Hall–Kier alpha value is -2.61. The molecule has 0 N–H and O–H groups in total. The molecular formula is C18H13Cl2N3O. The second kappa shape index (κ2) is 8.30. The zero-order chi connectivity index (χ0) is 16.1. The van der Waals surface area contributed by atoms with Crippen LogP contribution in [0.5, 0.6) is 11.5 Å². The van der Waals surface area contributed by atoms with Crippen molar-refractivity contribution in [3.8, 4) is 23.3 Å². The summed E-state index contributed by atoms with van der Waals surface area (Å²) in [6.45, 7) is 1.82. The molecule has 0 amide bonds. The normalized spacial score (nSPS) is 9.42. The molecule has 0 bridgehead atoms. The first-order valence-electron chi connectivity index (χ1n) is 6.89. The number of rotatable bonds is 2. The first kappa shape index (κ1) is 17.7. The van der Waals surface area contributed by atoms with Gasteiger partial charge < -0.3 is 4.74 Å². The summed E-state index contributed by atoms with van der Waals surface area (Å²) in [5, 5.41) is 0.551. The number of aromatic nitrogens is 3. The highest BCUT2D eigenvalue weighted by atomic mass is 35.5. The smallest absolute Gasteiger partial charge is 0.145 e. The Bertz CT molecular complexity index is 890. The lowest BCUT2D eigenvalue weighted by Gasteiger charge is -2.06. The average Bonchev–Trinajstić information content (AvgIpc) is 2.53. The van der Waals surface area contributed by atoms with E-state index in [1.807, 2.05) is 19.1 Å². The standard InChI is InChI=1S/C18H12ClN3O.ClH/c1-13-21-8-6-16(22-13)5-4-14-9-15(19)11-18(10-14)23-17-3-2-7-20-12-17;/h2-3,6-12H,1H3;1H. The van der Waals surface area contributed by atoms with E-state index in [0.29, 0.717) is 28.0 Å². The molecule has 3 aromatic rings. The third-order valence-corrected chi connectivity index (χ3v) is 3.07. The van der Waals surface area contributed by atoms with Gasteiger partial charge in [0.05, 0.1) is 6.20 Å². The third-order valence-electron chi connectivity index (χ3n) is 2.85. The van der Waals surface area contributed by atoms with E-state index in [2.05, 4.69) is 26.8 Å². The Kier molecular flexibility index (Phi) is 6.14. The molecule has 0 atom stereocenters. The van der Waals surface area contributed by atoms with E-state index >= 15 is 0 Å². The fourth-order valence-corrected chi connectivity index (χ4v) is 2.12. The molecule has 0 radical (unpaired) electrons. The Labute approximate surface area is 151 Å². The summed E-state index contributed by atoms with van der Waals surface area (Å²) in [4.78, 5) is 12.3. The van der Waals surface area contributed by atoms with Gasteiger partial charge >= 0.3 is 0 Å². The summed E-state index contributed by atoms with van der Waals surface area (Å²) < 4.78 is 5.73. The fraction of sp³-hybridized carbons (Fsp3) is 0.0556. The SMILES string of the molecule is Cc1nccc(C#Cc2cc(Cl)cc(Oc3cccnc3)c2)n1.Cl. The number of aryl methyl sites for hydroxylation is 1. The molecule has 0 spiro atoms. The van der Waals surface area contributed by atoms with Crippen molar-refractivity contribution in [3.05, 3.63) is 77.1 Å². The van der Waals surface area contributed by atoms with Crippen LogP contribution in [-0.2, 0) is 0 Å². The number of hydrogen-bond donors (Lipinski definition) is 0. The van der Waals surface area contributed by atoms with Gasteiger partial charge in [-0.05, 0) is 49.2 Å².